The molecule has 34 heavy (non-hydrogen) atoms. The molecule has 0 heterocycles. The van der Waals surface area contributed by atoms with E-state index in [1.54, 1.807) is 21.3 Å². The maximum absolute atomic E-state index is 9.01. The molecule has 6 nitrogen and oxygen atoms in total. The van der Waals surface area contributed by atoms with Gasteiger partial charge in [-0.05, 0) is 67.6 Å². The van der Waals surface area contributed by atoms with E-state index < -0.39 is 0 Å². The predicted octanol–water partition coefficient (Wildman–Crippen LogP) is 5.53. The minimum absolute atomic E-state index is 0.0103. The SMILES string of the molecule is CCC(C(CC(C)C)Oc1ccc(CC#N)cc1OC)N(C)CCc1ccc(OC)c(OC)c1. The van der Waals surface area contributed by atoms with E-state index in [1.165, 1.54) is 5.56 Å². The molecule has 0 aliphatic rings. The Morgan fingerprint density at radius 2 is 1.47 bits per heavy atom. The number of nitriles is 1. The first-order chi connectivity index (χ1) is 16.4. The van der Waals surface area contributed by atoms with Crippen LogP contribution in [0.25, 0.3) is 0 Å². The lowest BCUT2D eigenvalue weighted by atomic mass is 9.96. The molecule has 2 aromatic rings. The lowest BCUT2D eigenvalue weighted by Gasteiger charge is -2.35. The highest BCUT2D eigenvalue weighted by atomic mass is 16.5. The average molecular weight is 469 g/mol. The van der Waals surface area contributed by atoms with Crippen molar-refractivity contribution in [3.05, 3.63) is 47.5 Å². The van der Waals surface area contributed by atoms with Crippen LogP contribution in [-0.2, 0) is 12.8 Å². The summed E-state index contributed by atoms with van der Waals surface area (Å²) >= 11 is 0. The van der Waals surface area contributed by atoms with Crippen molar-refractivity contribution >= 4 is 0 Å². The fourth-order valence-electron chi connectivity index (χ4n) is 4.29. The van der Waals surface area contributed by atoms with E-state index in [0.29, 0.717) is 18.1 Å². The molecule has 0 spiro atoms. The molecule has 0 saturated carbocycles. The molecule has 0 N–H and O–H groups in total. The highest BCUT2D eigenvalue weighted by Crippen LogP contribution is 2.32. The predicted molar refractivity (Wildman–Crippen MR) is 136 cm³/mol. The van der Waals surface area contributed by atoms with Crippen LogP contribution in [0.15, 0.2) is 36.4 Å². The van der Waals surface area contributed by atoms with Gasteiger partial charge in [-0.25, -0.2) is 0 Å². The van der Waals surface area contributed by atoms with Gasteiger partial charge in [0, 0.05) is 12.6 Å². The van der Waals surface area contributed by atoms with Crippen molar-refractivity contribution in [2.45, 2.75) is 58.6 Å². The summed E-state index contributed by atoms with van der Waals surface area (Å²) in [4.78, 5) is 2.39. The van der Waals surface area contributed by atoms with Gasteiger partial charge in [-0.1, -0.05) is 32.9 Å². The number of hydrogen-bond donors (Lipinski definition) is 0. The molecule has 0 saturated heterocycles. The lowest BCUT2D eigenvalue weighted by molar-refractivity contribution is 0.0628. The number of benzene rings is 2. The maximum atomic E-state index is 9.01. The molecule has 2 aromatic carbocycles. The highest BCUT2D eigenvalue weighted by Gasteiger charge is 2.27. The average Bonchev–Trinajstić information content (AvgIpc) is 2.83. The van der Waals surface area contributed by atoms with E-state index in [0.717, 1.165) is 48.6 Å². The fourth-order valence-corrected chi connectivity index (χ4v) is 4.29. The summed E-state index contributed by atoms with van der Waals surface area (Å²) in [5.41, 5.74) is 2.13. The van der Waals surface area contributed by atoms with Crippen LogP contribution in [0.1, 0.15) is 44.7 Å². The number of ether oxygens (including phenoxy) is 4. The summed E-state index contributed by atoms with van der Waals surface area (Å²) in [5.74, 6) is 3.38. The quantitative estimate of drug-likeness (QED) is 0.363. The van der Waals surface area contributed by atoms with Crippen LogP contribution in [0, 0.1) is 17.2 Å². The third-order valence-electron chi connectivity index (χ3n) is 6.11. The van der Waals surface area contributed by atoms with Crippen molar-refractivity contribution in [3.8, 4) is 29.1 Å². The third kappa shape index (κ3) is 7.56. The van der Waals surface area contributed by atoms with Crippen molar-refractivity contribution in [1.82, 2.24) is 4.90 Å². The molecule has 0 radical (unpaired) electrons. The second kappa shape index (κ2) is 13.7. The van der Waals surface area contributed by atoms with Crippen LogP contribution in [0.5, 0.6) is 23.0 Å². The first kappa shape index (κ1) is 27.3. The van der Waals surface area contributed by atoms with Crippen LogP contribution < -0.4 is 18.9 Å². The number of hydrogen-bond acceptors (Lipinski definition) is 6. The molecule has 0 aliphatic carbocycles. The Morgan fingerprint density at radius 1 is 0.882 bits per heavy atom. The molecule has 2 atom stereocenters. The van der Waals surface area contributed by atoms with Crippen molar-refractivity contribution < 1.29 is 18.9 Å². The van der Waals surface area contributed by atoms with Crippen LogP contribution in [0.2, 0.25) is 0 Å². The number of rotatable bonds is 14. The summed E-state index contributed by atoms with van der Waals surface area (Å²) in [6, 6.07) is 14.3. The largest absolute Gasteiger partial charge is 0.493 e. The first-order valence-corrected chi connectivity index (χ1v) is 12.0. The van der Waals surface area contributed by atoms with E-state index in [1.807, 2.05) is 30.3 Å². The lowest BCUT2D eigenvalue weighted by Crippen LogP contribution is -2.45. The Morgan fingerprint density at radius 3 is 2.06 bits per heavy atom. The number of nitrogens with zero attached hydrogens (tertiary/aromatic N) is 2. The van der Waals surface area contributed by atoms with Gasteiger partial charge in [0.05, 0.1) is 33.8 Å². The van der Waals surface area contributed by atoms with E-state index >= 15 is 0 Å². The highest BCUT2D eigenvalue weighted by molar-refractivity contribution is 5.44. The van der Waals surface area contributed by atoms with Crippen LogP contribution in [0.3, 0.4) is 0 Å². The third-order valence-corrected chi connectivity index (χ3v) is 6.11. The van der Waals surface area contributed by atoms with Crippen molar-refractivity contribution in [2.75, 3.05) is 34.9 Å². The van der Waals surface area contributed by atoms with Crippen molar-refractivity contribution in [3.63, 3.8) is 0 Å². The molecule has 2 unspecified atom stereocenters. The van der Waals surface area contributed by atoms with Gasteiger partial charge in [-0.3, -0.25) is 4.90 Å². The summed E-state index contributed by atoms with van der Waals surface area (Å²) in [6.07, 6.45) is 3.16. The topological polar surface area (TPSA) is 64.0 Å². The molecule has 6 heteroatoms. The second-order valence-corrected chi connectivity index (χ2v) is 9.00. The van der Waals surface area contributed by atoms with Crippen LogP contribution in [-0.4, -0.2) is 52.0 Å². The van der Waals surface area contributed by atoms with Gasteiger partial charge in [0.25, 0.3) is 0 Å². The summed E-state index contributed by atoms with van der Waals surface area (Å²) < 4.78 is 23.0. The van der Waals surface area contributed by atoms with Crippen LogP contribution in [0.4, 0.5) is 0 Å². The van der Waals surface area contributed by atoms with Crippen molar-refractivity contribution in [2.24, 2.45) is 5.92 Å². The zero-order valence-corrected chi connectivity index (χ0v) is 21.8. The van der Waals surface area contributed by atoms with E-state index in [9.17, 15) is 0 Å². The molecule has 186 valence electrons. The van der Waals surface area contributed by atoms with Gasteiger partial charge in [0.15, 0.2) is 23.0 Å². The molecular formula is C28H40N2O4. The Bertz CT molecular complexity index is 938. The molecule has 0 bridgehead atoms. The van der Waals surface area contributed by atoms with Gasteiger partial charge < -0.3 is 18.9 Å². The van der Waals surface area contributed by atoms with Crippen LogP contribution >= 0.6 is 0 Å². The first-order valence-electron chi connectivity index (χ1n) is 12.0. The van der Waals surface area contributed by atoms with E-state index in [4.69, 9.17) is 24.2 Å². The minimum Gasteiger partial charge on any atom is -0.493 e. The van der Waals surface area contributed by atoms with Gasteiger partial charge in [0.2, 0.25) is 0 Å². The second-order valence-electron chi connectivity index (χ2n) is 9.00. The Balaban J connectivity index is 2.18. The number of methoxy groups -OCH3 is 3. The minimum atomic E-state index is 0.0103. The zero-order valence-electron chi connectivity index (χ0n) is 21.8. The molecule has 2 rings (SSSR count). The van der Waals surface area contributed by atoms with E-state index in [-0.39, 0.29) is 12.1 Å². The Kier molecular flexibility index (Phi) is 11.0. The summed E-state index contributed by atoms with van der Waals surface area (Å²) in [5, 5.41) is 9.01. The van der Waals surface area contributed by atoms with Gasteiger partial charge in [-0.2, -0.15) is 5.26 Å². The molecule has 0 fully saturated rings. The fraction of sp³-hybridized carbons (Fsp3) is 0.536. The molecule has 0 aliphatic heterocycles. The molecule has 0 amide bonds. The zero-order chi connectivity index (χ0) is 25.1. The molecular weight excluding hydrogens is 428 g/mol. The van der Waals surface area contributed by atoms with Gasteiger partial charge in [0.1, 0.15) is 6.10 Å². The number of likely N-dealkylation sites (N-methyl/N-ethyl adjacent to an activating group) is 1. The standard InChI is InChI=1S/C28H40N2O4/c1-8-23(30(4)16-14-22-9-11-24(31-5)27(19-22)32-6)26(17-20(2)3)34-25-12-10-21(13-15-29)18-28(25)33-7/h9-12,18-20,23,26H,8,13-14,16-17H2,1-7H3. The maximum Gasteiger partial charge on any atom is 0.161 e. The summed E-state index contributed by atoms with van der Waals surface area (Å²) in [7, 11) is 7.12. The Hall–Kier alpha value is -2.91. The van der Waals surface area contributed by atoms with Gasteiger partial charge in [-0.15, -0.1) is 0 Å². The Labute approximate surface area is 205 Å². The monoisotopic (exact) mass is 468 g/mol. The van der Waals surface area contributed by atoms with Crippen molar-refractivity contribution in [1.29, 1.82) is 5.26 Å². The smallest absolute Gasteiger partial charge is 0.161 e. The van der Waals surface area contributed by atoms with Gasteiger partial charge >= 0.3 is 0 Å². The molecule has 0 aromatic heterocycles. The summed E-state index contributed by atoms with van der Waals surface area (Å²) in [6.45, 7) is 7.55. The van der Waals surface area contributed by atoms with E-state index in [2.05, 4.69) is 44.9 Å². The normalized spacial score (nSPS) is 12.8.